The van der Waals surface area contributed by atoms with E-state index < -0.39 is 10.0 Å². The molecule has 4 rings (SSSR count). The maximum Gasteiger partial charge on any atom is 0.261 e. The van der Waals surface area contributed by atoms with Gasteiger partial charge in [0, 0.05) is 44.0 Å². The van der Waals surface area contributed by atoms with Crippen molar-refractivity contribution in [3.05, 3.63) is 72.8 Å². The van der Waals surface area contributed by atoms with Crippen LogP contribution in [0.3, 0.4) is 0 Å². The molecule has 1 aromatic heterocycles. The summed E-state index contributed by atoms with van der Waals surface area (Å²) in [7, 11) is -3.66. The largest absolute Gasteiger partial charge is 0.336 e. The van der Waals surface area contributed by atoms with Crippen LogP contribution in [0.15, 0.2) is 72.1 Å². The van der Waals surface area contributed by atoms with E-state index in [9.17, 15) is 13.2 Å². The molecule has 0 unspecified atom stereocenters. The Labute approximate surface area is 181 Å². The normalized spacial score (nSPS) is 15.0. The van der Waals surface area contributed by atoms with Crippen LogP contribution < -0.4 is 4.72 Å². The number of benzene rings is 2. The summed E-state index contributed by atoms with van der Waals surface area (Å²) >= 11 is 0. The Bertz CT molecular complexity index is 1090. The number of aromatic nitrogens is 3. The molecule has 0 spiro atoms. The van der Waals surface area contributed by atoms with E-state index in [1.165, 1.54) is 18.5 Å². The molecule has 2 aromatic carbocycles. The van der Waals surface area contributed by atoms with E-state index in [0.29, 0.717) is 24.3 Å². The maximum absolute atomic E-state index is 12.8. The lowest BCUT2D eigenvalue weighted by molar-refractivity contribution is 0.0632. The van der Waals surface area contributed by atoms with Gasteiger partial charge in [-0.2, -0.15) is 5.10 Å². The van der Waals surface area contributed by atoms with Crippen LogP contribution >= 0.6 is 0 Å². The van der Waals surface area contributed by atoms with E-state index in [2.05, 4.69) is 19.7 Å². The lowest BCUT2D eigenvalue weighted by Gasteiger charge is -2.34. The second kappa shape index (κ2) is 9.27. The standard InChI is InChI=1S/C21H24N6O3S/c28-21(26-13-10-25(11-14-26)12-15-27-17-22-16-23-27)18-6-8-19(9-7-18)24-31(29,30)20-4-2-1-3-5-20/h1-9,16-17,24H,10-15H2. The van der Waals surface area contributed by atoms with Crippen molar-refractivity contribution in [1.82, 2.24) is 24.6 Å². The molecule has 0 radical (unpaired) electrons. The van der Waals surface area contributed by atoms with Crippen molar-refractivity contribution in [3.8, 4) is 0 Å². The molecule has 0 aliphatic carbocycles. The van der Waals surface area contributed by atoms with Crippen molar-refractivity contribution in [2.75, 3.05) is 37.4 Å². The highest BCUT2D eigenvalue weighted by Gasteiger charge is 2.22. The van der Waals surface area contributed by atoms with Gasteiger partial charge in [-0.1, -0.05) is 18.2 Å². The van der Waals surface area contributed by atoms with Crippen LogP contribution in [0, 0.1) is 0 Å². The molecule has 10 heteroatoms. The molecule has 162 valence electrons. The molecular weight excluding hydrogens is 416 g/mol. The average Bonchev–Trinajstić information content (AvgIpc) is 3.32. The molecule has 2 heterocycles. The zero-order chi connectivity index (χ0) is 21.7. The minimum atomic E-state index is -3.66. The molecule has 0 bridgehead atoms. The van der Waals surface area contributed by atoms with Crippen LogP contribution in [0.1, 0.15) is 10.4 Å². The van der Waals surface area contributed by atoms with Crippen LogP contribution in [0.2, 0.25) is 0 Å². The highest BCUT2D eigenvalue weighted by molar-refractivity contribution is 7.92. The van der Waals surface area contributed by atoms with Crippen molar-refractivity contribution in [2.45, 2.75) is 11.4 Å². The molecular formula is C21H24N6O3S. The third kappa shape index (κ3) is 5.28. The zero-order valence-corrected chi connectivity index (χ0v) is 17.8. The molecule has 1 N–H and O–H groups in total. The molecule has 1 fully saturated rings. The van der Waals surface area contributed by atoms with Crippen LogP contribution in [-0.2, 0) is 16.6 Å². The number of anilines is 1. The van der Waals surface area contributed by atoms with Crippen LogP contribution in [0.4, 0.5) is 5.69 Å². The Hall–Kier alpha value is -3.24. The zero-order valence-electron chi connectivity index (χ0n) is 17.0. The molecule has 0 atom stereocenters. The highest BCUT2D eigenvalue weighted by atomic mass is 32.2. The van der Waals surface area contributed by atoms with E-state index in [4.69, 9.17) is 0 Å². The van der Waals surface area contributed by atoms with Gasteiger partial charge in [-0.05, 0) is 36.4 Å². The summed E-state index contributed by atoms with van der Waals surface area (Å²) in [5.41, 5.74) is 0.956. The first kappa shape index (κ1) is 21.0. The number of carbonyl (C=O) groups excluding carboxylic acids is 1. The highest BCUT2D eigenvalue weighted by Crippen LogP contribution is 2.17. The molecule has 1 amide bonds. The Balaban J connectivity index is 1.30. The van der Waals surface area contributed by atoms with Gasteiger partial charge in [0.05, 0.1) is 11.4 Å². The number of nitrogens with zero attached hydrogens (tertiary/aromatic N) is 5. The van der Waals surface area contributed by atoms with Crippen molar-refractivity contribution in [1.29, 1.82) is 0 Å². The Morgan fingerprint density at radius 2 is 1.65 bits per heavy atom. The van der Waals surface area contributed by atoms with Gasteiger partial charge in [-0.25, -0.2) is 13.4 Å². The van der Waals surface area contributed by atoms with E-state index in [1.54, 1.807) is 53.5 Å². The van der Waals surface area contributed by atoms with Gasteiger partial charge >= 0.3 is 0 Å². The first-order valence-corrected chi connectivity index (χ1v) is 11.5. The van der Waals surface area contributed by atoms with Gasteiger partial charge in [0.1, 0.15) is 12.7 Å². The topological polar surface area (TPSA) is 100 Å². The van der Waals surface area contributed by atoms with Gasteiger partial charge in [-0.15, -0.1) is 0 Å². The van der Waals surface area contributed by atoms with Gasteiger partial charge < -0.3 is 4.90 Å². The monoisotopic (exact) mass is 440 g/mol. The average molecular weight is 441 g/mol. The predicted molar refractivity (Wildman–Crippen MR) is 116 cm³/mol. The Kier molecular flexibility index (Phi) is 6.28. The fourth-order valence-electron chi connectivity index (χ4n) is 3.44. The molecule has 9 nitrogen and oxygen atoms in total. The molecule has 31 heavy (non-hydrogen) atoms. The summed E-state index contributed by atoms with van der Waals surface area (Å²) in [5.74, 6) is -0.0478. The lowest BCUT2D eigenvalue weighted by Crippen LogP contribution is -2.49. The fraction of sp³-hybridized carbons (Fsp3) is 0.286. The van der Waals surface area contributed by atoms with Crippen molar-refractivity contribution in [3.63, 3.8) is 0 Å². The summed E-state index contributed by atoms with van der Waals surface area (Å²) in [5, 5.41) is 4.10. The first-order valence-electron chi connectivity index (χ1n) is 10.0. The molecule has 1 aliphatic heterocycles. The SMILES string of the molecule is O=C(c1ccc(NS(=O)(=O)c2ccccc2)cc1)N1CCN(CCn2cncn2)CC1. The van der Waals surface area contributed by atoms with Crippen molar-refractivity contribution >= 4 is 21.6 Å². The number of piperazine rings is 1. The fourth-order valence-corrected chi connectivity index (χ4v) is 4.52. The summed E-state index contributed by atoms with van der Waals surface area (Å²) < 4.78 is 29.2. The van der Waals surface area contributed by atoms with Gasteiger partial charge in [0.15, 0.2) is 0 Å². The van der Waals surface area contributed by atoms with Gasteiger partial charge in [0.25, 0.3) is 15.9 Å². The molecule has 3 aromatic rings. The van der Waals surface area contributed by atoms with Gasteiger partial charge in [0.2, 0.25) is 0 Å². The second-order valence-corrected chi connectivity index (χ2v) is 8.97. The van der Waals surface area contributed by atoms with Gasteiger partial charge in [-0.3, -0.25) is 19.1 Å². The van der Waals surface area contributed by atoms with E-state index in [-0.39, 0.29) is 10.8 Å². The number of amides is 1. The van der Waals surface area contributed by atoms with Crippen molar-refractivity contribution in [2.24, 2.45) is 0 Å². The number of hydrogen-bond acceptors (Lipinski definition) is 6. The number of carbonyl (C=O) groups is 1. The van der Waals surface area contributed by atoms with E-state index in [0.717, 1.165) is 26.2 Å². The molecule has 1 aliphatic rings. The minimum Gasteiger partial charge on any atom is -0.336 e. The maximum atomic E-state index is 12.8. The minimum absolute atomic E-state index is 0.0478. The van der Waals surface area contributed by atoms with Crippen LogP contribution in [0.25, 0.3) is 0 Å². The second-order valence-electron chi connectivity index (χ2n) is 7.29. The van der Waals surface area contributed by atoms with Crippen LogP contribution in [-0.4, -0.2) is 71.6 Å². The third-order valence-electron chi connectivity index (χ3n) is 5.21. The summed E-state index contributed by atoms with van der Waals surface area (Å²) in [4.78, 5) is 21.1. The van der Waals surface area contributed by atoms with Crippen LogP contribution in [0.5, 0.6) is 0 Å². The number of hydrogen-bond donors (Lipinski definition) is 1. The third-order valence-corrected chi connectivity index (χ3v) is 6.61. The summed E-state index contributed by atoms with van der Waals surface area (Å²) in [6, 6.07) is 14.7. The lowest BCUT2D eigenvalue weighted by atomic mass is 10.1. The molecule has 0 saturated carbocycles. The van der Waals surface area contributed by atoms with E-state index >= 15 is 0 Å². The van der Waals surface area contributed by atoms with Crippen molar-refractivity contribution < 1.29 is 13.2 Å². The van der Waals surface area contributed by atoms with E-state index in [1.807, 2.05) is 4.90 Å². The number of sulfonamides is 1. The quantitative estimate of drug-likeness (QED) is 0.598. The first-order chi connectivity index (χ1) is 15.0. The summed E-state index contributed by atoms with van der Waals surface area (Å²) in [6.45, 7) is 4.54. The Morgan fingerprint density at radius 3 is 2.29 bits per heavy atom. The smallest absolute Gasteiger partial charge is 0.261 e. The summed E-state index contributed by atoms with van der Waals surface area (Å²) in [6.07, 6.45) is 3.22. The Morgan fingerprint density at radius 1 is 0.935 bits per heavy atom. The predicted octanol–water partition coefficient (Wildman–Crippen LogP) is 1.54. The number of rotatable bonds is 7. The molecule has 1 saturated heterocycles. The number of nitrogens with one attached hydrogen (secondary N) is 1.